The molecular formula is C20H16N2S2. The van der Waals surface area contributed by atoms with Crippen LogP contribution in [0, 0.1) is 0 Å². The van der Waals surface area contributed by atoms with Crippen molar-refractivity contribution in [1.29, 1.82) is 0 Å². The molecule has 0 aliphatic heterocycles. The normalized spacial score (nSPS) is 11.0. The highest BCUT2D eigenvalue weighted by molar-refractivity contribution is 7.98. The van der Waals surface area contributed by atoms with Crippen molar-refractivity contribution >= 4 is 34.0 Å². The van der Waals surface area contributed by atoms with Crippen molar-refractivity contribution in [3.05, 3.63) is 88.5 Å². The molecule has 0 unspecified atom stereocenters. The summed E-state index contributed by atoms with van der Waals surface area (Å²) in [7, 11) is 0. The third-order valence-electron chi connectivity index (χ3n) is 3.78. The SMILES string of the molecule is c1ccc(Cc2nc(CSc3ccnc4ccccc34)cs2)cc1. The molecule has 0 saturated heterocycles. The second kappa shape index (κ2) is 7.16. The highest BCUT2D eigenvalue weighted by atomic mass is 32.2. The number of hydrogen-bond donors (Lipinski definition) is 0. The Kier molecular flexibility index (Phi) is 4.58. The number of thiazole rings is 1. The van der Waals surface area contributed by atoms with Crippen molar-refractivity contribution in [2.75, 3.05) is 0 Å². The summed E-state index contributed by atoms with van der Waals surface area (Å²) in [6, 6.07) is 20.9. The fourth-order valence-corrected chi connectivity index (χ4v) is 4.48. The summed E-state index contributed by atoms with van der Waals surface area (Å²) in [5, 5.41) is 4.57. The first-order chi connectivity index (χ1) is 11.9. The lowest BCUT2D eigenvalue weighted by atomic mass is 10.2. The van der Waals surface area contributed by atoms with E-state index in [9.17, 15) is 0 Å². The largest absolute Gasteiger partial charge is 0.256 e. The Bertz CT molecular complexity index is 943. The van der Waals surface area contributed by atoms with E-state index < -0.39 is 0 Å². The molecule has 2 aromatic carbocycles. The van der Waals surface area contributed by atoms with Gasteiger partial charge in [0.1, 0.15) is 0 Å². The van der Waals surface area contributed by atoms with Crippen LogP contribution in [-0.4, -0.2) is 9.97 Å². The Labute approximate surface area is 149 Å². The highest BCUT2D eigenvalue weighted by Gasteiger charge is 2.06. The molecule has 4 aromatic rings. The van der Waals surface area contributed by atoms with Gasteiger partial charge in [-0.1, -0.05) is 48.5 Å². The summed E-state index contributed by atoms with van der Waals surface area (Å²) in [4.78, 5) is 10.5. The lowest BCUT2D eigenvalue weighted by Gasteiger charge is -2.04. The Morgan fingerprint density at radius 1 is 0.917 bits per heavy atom. The second-order valence-electron chi connectivity index (χ2n) is 5.51. The van der Waals surface area contributed by atoms with Crippen LogP contribution in [0.4, 0.5) is 0 Å². The highest BCUT2D eigenvalue weighted by Crippen LogP contribution is 2.29. The van der Waals surface area contributed by atoms with Gasteiger partial charge in [-0.25, -0.2) is 4.98 Å². The van der Waals surface area contributed by atoms with E-state index in [1.54, 1.807) is 11.3 Å². The summed E-state index contributed by atoms with van der Waals surface area (Å²) in [6.07, 6.45) is 2.79. The topological polar surface area (TPSA) is 25.8 Å². The van der Waals surface area contributed by atoms with Crippen molar-refractivity contribution in [1.82, 2.24) is 9.97 Å². The van der Waals surface area contributed by atoms with E-state index >= 15 is 0 Å². The summed E-state index contributed by atoms with van der Waals surface area (Å²) in [6.45, 7) is 0. The zero-order valence-electron chi connectivity index (χ0n) is 13.1. The molecule has 0 N–H and O–H groups in total. The lowest BCUT2D eigenvalue weighted by Crippen LogP contribution is -1.88. The van der Waals surface area contributed by atoms with Crippen LogP contribution >= 0.6 is 23.1 Å². The third kappa shape index (κ3) is 3.50. The minimum Gasteiger partial charge on any atom is -0.256 e. The predicted octanol–water partition coefficient (Wildman–Crippen LogP) is 5.57. The van der Waals surface area contributed by atoms with E-state index in [4.69, 9.17) is 4.98 Å². The van der Waals surface area contributed by atoms with Crippen LogP contribution in [0.25, 0.3) is 10.9 Å². The van der Waals surface area contributed by atoms with Crippen LogP contribution in [-0.2, 0) is 12.2 Å². The average Bonchev–Trinajstić information content (AvgIpc) is 3.08. The maximum absolute atomic E-state index is 4.78. The molecule has 4 heteroatoms. The van der Waals surface area contributed by atoms with Crippen LogP contribution in [0.3, 0.4) is 0 Å². The van der Waals surface area contributed by atoms with E-state index in [1.165, 1.54) is 20.9 Å². The molecule has 0 aliphatic carbocycles. The number of hydrogen-bond acceptors (Lipinski definition) is 4. The minimum absolute atomic E-state index is 0.888. The average molecular weight is 348 g/mol. The lowest BCUT2D eigenvalue weighted by molar-refractivity contribution is 1.09. The predicted molar refractivity (Wildman–Crippen MR) is 103 cm³/mol. The molecule has 24 heavy (non-hydrogen) atoms. The van der Waals surface area contributed by atoms with E-state index in [2.05, 4.69) is 58.9 Å². The van der Waals surface area contributed by atoms with Crippen LogP contribution in [0.1, 0.15) is 16.3 Å². The smallest absolute Gasteiger partial charge is 0.0972 e. The second-order valence-corrected chi connectivity index (χ2v) is 7.47. The maximum atomic E-state index is 4.78. The van der Waals surface area contributed by atoms with Gasteiger partial charge < -0.3 is 0 Å². The third-order valence-corrected chi connectivity index (χ3v) is 5.79. The molecule has 118 valence electrons. The van der Waals surface area contributed by atoms with Gasteiger partial charge in [0.2, 0.25) is 0 Å². The number of pyridine rings is 1. The number of thioether (sulfide) groups is 1. The minimum atomic E-state index is 0.888. The van der Waals surface area contributed by atoms with Crippen molar-refractivity contribution in [2.45, 2.75) is 17.1 Å². The standard InChI is InChI=1S/C20H16N2S2/c1-2-6-15(7-3-1)12-20-22-16(14-24-20)13-23-19-10-11-21-18-9-5-4-8-17(18)19/h1-11,14H,12-13H2. The molecule has 0 amide bonds. The summed E-state index contributed by atoms with van der Waals surface area (Å²) >= 11 is 3.57. The van der Waals surface area contributed by atoms with Crippen LogP contribution < -0.4 is 0 Å². The van der Waals surface area contributed by atoms with Gasteiger partial charge in [0, 0.05) is 34.0 Å². The Hall–Kier alpha value is -2.17. The molecule has 2 heterocycles. The molecular weight excluding hydrogens is 332 g/mol. The van der Waals surface area contributed by atoms with Gasteiger partial charge in [-0.3, -0.25) is 4.98 Å². The number of nitrogens with zero attached hydrogens (tertiary/aromatic N) is 2. The Morgan fingerprint density at radius 3 is 2.67 bits per heavy atom. The van der Waals surface area contributed by atoms with E-state index in [0.717, 1.165) is 23.4 Å². The van der Waals surface area contributed by atoms with Crippen LogP contribution in [0.15, 0.2) is 77.1 Å². The van der Waals surface area contributed by atoms with Gasteiger partial charge in [-0.2, -0.15) is 0 Å². The Balaban J connectivity index is 1.46. The van der Waals surface area contributed by atoms with Gasteiger partial charge in [-0.15, -0.1) is 23.1 Å². The summed E-state index contributed by atoms with van der Waals surface area (Å²) in [5.74, 6) is 0.888. The van der Waals surface area contributed by atoms with Crippen LogP contribution in [0.2, 0.25) is 0 Å². The van der Waals surface area contributed by atoms with Crippen molar-refractivity contribution < 1.29 is 0 Å². The zero-order valence-corrected chi connectivity index (χ0v) is 14.7. The number of para-hydroxylation sites is 1. The molecule has 0 spiro atoms. The van der Waals surface area contributed by atoms with Gasteiger partial charge in [0.25, 0.3) is 0 Å². The quantitative estimate of drug-likeness (QED) is 0.441. The number of rotatable bonds is 5. The molecule has 2 aromatic heterocycles. The first-order valence-electron chi connectivity index (χ1n) is 7.82. The summed E-state index contributed by atoms with van der Waals surface area (Å²) in [5.41, 5.74) is 3.51. The molecule has 0 saturated carbocycles. The van der Waals surface area contributed by atoms with Crippen molar-refractivity contribution in [3.8, 4) is 0 Å². The molecule has 0 fully saturated rings. The monoisotopic (exact) mass is 348 g/mol. The maximum Gasteiger partial charge on any atom is 0.0972 e. The van der Waals surface area contributed by atoms with Gasteiger partial charge in [0.15, 0.2) is 0 Å². The van der Waals surface area contributed by atoms with E-state index in [-0.39, 0.29) is 0 Å². The molecule has 0 bridgehead atoms. The first kappa shape index (κ1) is 15.4. The van der Waals surface area contributed by atoms with Gasteiger partial charge in [-0.05, 0) is 17.7 Å². The van der Waals surface area contributed by atoms with Crippen molar-refractivity contribution in [2.24, 2.45) is 0 Å². The Morgan fingerprint density at radius 2 is 1.75 bits per heavy atom. The molecule has 0 aliphatic rings. The first-order valence-corrected chi connectivity index (χ1v) is 9.69. The number of aromatic nitrogens is 2. The van der Waals surface area contributed by atoms with Crippen molar-refractivity contribution in [3.63, 3.8) is 0 Å². The van der Waals surface area contributed by atoms with Gasteiger partial charge in [0.05, 0.1) is 16.2 Å². The molecule has 2 nitrogen and oxygen atoms in total. The molecule has 0 radical (unpaired) electrons. The van der Waals surface area contributed by atoms with E-state index in [1.807, 2.05) is 30.1 Å². The molecule has 4 rings (SSSR count). The summed E-state index contributed by atoms with van der Waals surface area (Å²) < 4.78 is 0. The fourth-order valence-electron chi connectivity index (χ4n) is 2.61. The van der Waals surface area contributed by atoms with E-state index in [0.29, 0.717) is 0 Å². The van der Waals surface area contributed by atoms with Gasteiger partial charge >= 0.3 is 0 Å². The number of fused-ring (bicyclic) bond motifs is 1. The fraction of sp³-hybridized carbons (Fsp3) is 0.100. The molecule has 0 atom stereocenters. The number of benzene rings is 2. The van der Waals surface area contributed by atoms with Crippen LogP contribution in [0.5, 0.6) is 0 Å². The zero-order chi connectivity index (χ0) is 16.2.